The lowest BCUT2D eigenvalue weighted by atomic mass is 9.95. The number of cyclic esters (lactones) is 1. The summed E-state index contributed by atoms with van der Waals surface area (Å²) in [6.45, 7) is 2.31. The first-order chi connectivity index (χ1) is 17.3. The van der Waals surface area contributed by atoms with Crippen molar-refractivity contribution in [1.82, 2.24) is 24.6 Å². The van der Waals surface area contributed by atoms with Crippen molar-refractivity contribution in [1.29, 1.82) is 0 Å². The van der Waals surface area contributed by atoms with E-state index < -0.39 is 17.7 Å². The van der Waals surface area contributed by atoms with Crippen LogP contribution in [0.3, 0.4) is 0 Å². The van der Waals surface area contributed by atoms with Crippen LogP contribution in [-0.4, -0.2) is 69.2 Å². The second kappa shape index (κ2) is 9.73. The van der Waals surface area contributed by atoms with Crippen molar-refractivity contribution in [2.24, 2.45) is 0 Å². The third-order valence-corrected chi connectivity index (χ3v) is 6.65. The van der Waals surface area contributed by atoms with Gasteiger partial charge >= 0.3 is 12.1 Å². The van der Waals surface area contributed by atoms with E-state index in [1.54, 1.807) is 15.9 Å². The molecule has 3 heterocycles. The molecule has 1 aromatic heterocycles. The summed E-state index contributed by atoms with van der Waals surface area (Å²) < 4.78 is 47.8. The van der Waals surface area contributed by atoms with Crippen molar-refractivity contribution in [2.45, 2.75) is 25.6 Å². The molecule has 0 atom stereocenters. The SMILES string of the molecule is O=C1OCc2c1ccc(CCN1CCN(C(=O)Cc3ccc(-n4cncn4)cc3)CC1)c2C(F)(F)F. The highest BCUT2D eigenvalue weighted by atomic mass is 19.4. The zero-order valence-corrected chi connectivity index (χ0v) is 19.4. The van der Waals surface area contributed by atoms with Crippen LogP contribution in [0, 0.1) is 0 Å². The minimum Gasteiger partial charge on any atom is -0.457 e. The fraction of sp³-hybridized carbons (Fsp3) is 0.360. The molecule has 5 rings (SSSR count). The molecule has 11 heteroatoms. The number of esters is 1. The summed E-state index contributed by atoms with van der Waals surface area (Å²) in [6.07, 6.45) is -1.03. The largest absolute Gasteiger partial charge is 0.457 e. The summed E-state index contributed by atoms with van der Waals surface area (Å²) in [5.41, 5.74) is 1.07. The van der Waals surface area contributed by atoms with Gasteiger partial charge in [0.05, 0.1) is 23.2 Å². The van der Waals surface area contributed by atoms with Gasteiger partial charge in [-0.05, 0) is 35.7 Å². The lowest BCUT2D eigenvalue weighted by Crippen LogP contribution is -2.49. The summed E-state index contributed by atoms with van der Waals surface area (Å²) in [6, 6.07) is 10.3. The standard InChI is InChI=1S/C25H24F3N5O3/c26-25(27,28)23-18(3-6-20-21(23)14-36-24(20)35)7-8-31-9-11-32(12-10-31)22(34)13-17-1-4-19(5-2-17)33-16-29-15-30-33/h1-6,15-16H,7-14H2. The fourth-order valence-electron chi connectivity index (χ4n) is 4.71. The van der Waals surface area contributed by atoms with Crippen LogP contribution in [0.15, 0.2) is 49.1 Å². The predicted octanol–water partition coefficient (Wildman–Crippen LogP) is 2.89. The van der Waals surface area contributed by atoms with Crippen molar-refractivity contribution in [3.8, 4) is 5.69 Å². The lowest BCUT2D eigenvalue weighted by molar-refractivity contribution is -0.139. The number of nitrogens with zero attached hydrogens (tertiary/aromatic N) is 5. The van der Waals surface area contributed by atoms with Gasteiger partial charge in [-0.3, -0.25) is 9.69 Å². The Bertz CT molecular complexity index is 1250. The molecule has 2 aliphatic heterocycles. The second-order valence-electron chi connectivity index (χ2n) is 8.86. The molecule has 0 unspecified atom stereocenters. The molecule has 0 saturated carbocycles. The van der Waals surface area contributed by atoms with Crippen molar-refractivity contribution in [3.63, 3.8) is 0 Å². The number of benzene rings is 2. The van der Waals surface area contributed by atoms with Crippen LogP contribution in [0.4, 0.5) is 13.2 Å². The average molecular weight is 499 g/mol. The number of halogens is 3. The van der Waals surface area contributed by atoms with E-state index in [2.05, 4.69) is 15.0 Å². The first-order valence-electron chi connectivity index (χ1n) is 11.6. The first-order valence-corrected chi connectivity index (χ1v) is 11.6. The maximum absolute atomic E-state index is 13.8. The van der Waals surface area contributed by atoms with Crippen LogP contribution >= 0.6 is 0 Å². The number of carbonyl (C=O) groups excluding carboxylic acids is 2. The Morgan fingerprint density at radius 2 is 1.78 bits per heavy atom. The van der Waals surface area contributed by atoms with Gasteiger partial charge in [-0.1, -0.05) is 18.2 Å². The molecule has 1 amide bonds. The van der Waals surface area contributed by atoms with Crippen LogP contribution in [-0.2, 0) is 35.2 Å². The number of fused-ring (bicyclic) bond motifs is 1. The molecule has 8 nitrogen and oxygen atoms in total. The van der Waals surface area contributed by atoms with Gasteiger partial charge in [-0.2, -0.15) is 18.3 Å². The van der Waals surface area contributed by atoms with E-state index in [1.807, 2.05) is 24.3 Å². The molecule has 0 spiro atoms. The van der Waals surface area contributed by atoms with E-state index in [9.17, 15) is 22.8 Å². The van der Waals surface area contributed by atoms with Gasteiger partial charge < -0.3 is 9.64 Å². The fourth-order valence-corrected chi connectivity index (χ4v) is 4.71. The number of rotatable bonds is 6. The zero-order chi connectivity index (χ0) is 25.3. The Morgan fingerprint density at radius 3 is 2.44 bits per heavy atom. The van der Waals surface area contributed by atoms with Crippen LogP contribution < -0.4 is 0 Å². The summed E-state index contributed by atoms with van der Waals surface area (Å²) >= 11 is 0. The third kappa shape index (κ3) is 4.97. The molecule has 0 radical (unpaired) electrons. The van der Waals surface area contributed by atoms with Crippen LogP contribution in [0.5, 0.6) is 0 Å². The molecule has 188 valence electrons. The zero-order valence-electron chi connectivity index (χ0n) is 19.4. The number of aromatic nitrogens is 3. The number of carbonyl (C=O) groups is 2. The number of hydrogen-bond donors (Lipinski definition) is 0. The van der Waals surface area contributed by atoms with Gasteiger partial charge in [0.1, 0.15) is 19.3 Å². The maximum Gasteiger partial charge on any atom is 0.417 e. The highest BCUT2D eigenvalue weighted by Gasteiger charge is 2.40. The summed E-state index contributed by atoms with van der Waals surface area (Å²) in [5.74, 6) is -0.695. The van der Waals surface area contributed by atoms with Gasteiger partial charge in [0.25, 0.3) is 0 Å². The monoisotopic (exact) mass is 499 g/mol. The molecule has 0 aliphatic carbocycles. The van der Waals surface area contributed by atoms with Gasteiger partial charge in [0.2, 0.25) is 5.91 Å². The van der Waals surface area contributed by atoms with Crippen molar-refractivity contribution in [3.05, 3.63) is 76.9 Å². The number of alkyl halides is 3. The highest BCUT2D eigenvalue weighted by molar-refractivity contribution is 5.94. The van der Waals surface area contributed by atoms with Gasteiger partial charge in [-0.25, -0.2) is 14.5 Å². The van der Waals surface area contributed by atoms with E-state index in [0.29, 0.717) is 32.7 Å². The topological polar surface area (TPSA) is 80.6 Å². The van der Waals surface area contributed by atoms with Gasteiger partial charge in [-0.15, -0.1) is 0 Å². The van der Waals surface area contributed by atoms with Crippen LogP contribution in [0.2, 0.25) is 0 Å². The Balaban J connectivity index is 1.15. The molecule has 2 aromatic carbocycles. The van der Waals surface area contributed by atoms with E-state index in [0.717, 1.165) is 11.3 Å². The summed E-state index contributed by atoms with van der Waals surface area (Å²) in [5, 5.41) is 4.08. The first kappa shape index (κ1) is 24.0. The Morgan fingerprint density at radius 1 is 1.03 bits per heavy atom. The second-order valence-corrected chi connectivity index (χ2v) is 8.86. The molecule has 36 heavy (non-hydrogen) atoms. The molecule has 0 N–H and O–H groups in total. The Labute approximate surface area is 205 Å². The quantitative estimate of drug-likeness (QED) is 0.486. The van der Waals surface area contributed by atoms with Crippen molar-refractivity contribution in [2.75, 3.05) is 32.7 Å². The smallest absolute Gasteiger partial charge is 0.417 e. The minimum atomic E-state index is -4.56. The van der Waals surface area contributed by atoms with Gasteiger partial charge in [0.15, 0.2) is 0 Å². The minimum absolute atomic E-state index is 0.00811. The predicted molar refractivity (Wildman–Crippen MR) is 122 cm³/mol. The third-order valence-electron chi connectivity index (χ3n) is 6.65. The maximum atomic E-state index is 13.8. The normalized spacial score (nSPS) is 16.2. The number of hydrogen-bond acceptors (Lipinski definition) is 6. The summed E-state index contributed by atoms with van der Waals surface area (Å²) in [4.78, 5) is 32.2. The van der Waals surface area contributed by atoms with Crippen LogP contribution in [0.1, 0.15) is 32.6 Å². The van der Waals surface area contributed by atoms with Gasteiger partial charge in [0, 0.05) is 38.3 Å². The van der Waals surface area contributed by atoms with Crippen molar-refractivity contribution < 1.29 is 27.5 Å². The van der Waals surface area contributed by atoms with Crippen LogP contribution in [0.25, 0.3) is 5.69 Å². The Hall–Kier alpha value is -3.73. The molecule has 0 bridgehead atoms. The molecule has 2 aliphatic rings. The summed E-state index contributed by atoms with van der Waals surface area (Å²) in [7, 11) is 0. The molecular formula is C25H24F3N5O3. The number of amides is 1. The molecule has 3 aromatic rings. The van der Waals surface area contributed by atoms with E-state index >= 15 is 0 Å². The van der Waals surface area contributed by atoms with E-state index in [-0.39, 0.29) is 42.0 Å². The molecule has 1 fully saturated rings. The number of piperazine rings is 1. The molecule has 1 saturated heterocycles. The highest BCUT2D eigenvalue weighted by Crippen LogP contribution is 2.39. The van der Waals surface area contributed by atoms with E-state index in [4.69, 9.17) is 4.74 Å². The van der Waals surface area contributed by atoms with Crippen molar-refractivity contribution >= 4 is 11.9 Å². The lowest BCUT2D eigenvalue weighted by Gasteiger charge is -2.35. The van der Waals surface area contributed by atoms with E-state index in [1.165, 1.54) is 18.5 Å². The number of ether oxygens (including phenoxy) is 1. The molecular weight excluding hydrogens is 475 g/mol. The average Bonchev–Trinajstić information content (AvgIpc) is 3.53. The Kier molecular flexibility index (Phi) is 6.48.